The highest BCUT2D eigenvalue weighted by Crippen LogP contribution is 2.31. The molecule has 1 heterocycles. The highest BCUT2D eigenvalue weighted by molar-refractivity contribution is 9.10. The van der Waals surface area contributed by atoms with Crippen LogP contribution in [-0.2, 0) is 10.0 Å². The van der Waals surface area contributed by atoms with Gasteiger partial charge in [0.25, 0.3) is 0 Å². The van der Waals surface area contributed by atoms with Crippen LogP contribution in [0, 0.1) is 5.92 Å². The van der Waals surface area contributed by atoms with Crippen LogP contribution < -0.4 is 10.1 Å². The Bertz CT molecular complexity index is 590. The van der Waals surface area contributed by atoms with E-state index in [-0.39, 0.29) is 4.90 Å². The van der Waals surface area contributed by atoms with Gasteiger partial charge in [0.2, 0.25) is 10.0 Å². The number of benzene rings is 1. The van der Waals surface area contributed by atoms with E-state index in [1.807, 2.05) is 7.05 Å². The monoisotopic (exact) mass is 376 g/mol. The molecule has 0 amide bonds. The van der Waals surface area contributed by atoms with Gasteiger partial charge < -0.3 is 10.1 Å². The van der Waals surface area contributed by atoms with Crippen molar-refractivity contribution in [3.05, 3.63) is 22.7 Å². The van der Waals surface area contributed by atoms with E-state index in [0.717, 1.165) is 23.9 Å². The molecule has 21 heavy (non-hydrogen) atoms. The fourth-order valence-electron chi connectivity index (χ4n) is 2.69. The Balaban J connectivity index is 2.31. The number of hydrogen-bond acceptors (Lipinski definition) is 4. The Morgan fingerprint density at radius 1 is 1.48 bits per heavy atom. The zero-order valence-electron chi connectivity index (χ0n) is 12.3. The fraction of sp³-hybridized carbons (Fsp3) is 0.571. The Labute approximate surface area is 134 Å². The summed E-state index contributed by atoms with van der Waals surface area (Å²) in [5, 5.41) is 3.13. The first kappa shape index (κ1) is 16.7. The van der Waals surface area contributed by atoms with Crippen molar-refractivity contribution in [3.63, 3.8) is 0 Å². The molecule has 0 bridgehead atoms. The minimum Gasteiger partial charge on any atom is -0.495 e. The molecule has 0 saturated carbocycles. The molecule has 1 aliphatic heterocycles. The summed E-state index contributed by atoms with van der Waals surface area (Å²) in [6.07, 6.45) is 1.95. The quantitative estimate of drug-likeness (QED) is 0.854. The van der Waals surface area contributed by atoms with Gasteiger partial charge in [-0.25, -0.2) is 8.42 Å². The molecule has 1 fully saturated rings. The Morgan fingerprint density at radius 2 is 2.24 bits per heavy atom. The number of piperidine rings is 1. The standard InChI is InChI=1S/C14H21BrN2O3S/c1-16-9-11-4-3-7-17(10-11)21(18,19)14-8-12(15)5-6-13(14)20-2/h5-6,8,11,16H,3-4,7,9-10H2,1-2H3/t11-/m1/s1. The molecule has 1 atom stereocenters. The van der Waals surface area contributed by atoms with Gasteiger partial charge in [-0.3, -0.25) is 0 Å². The zero-order valence-corrected chi connectivity index (χ0v) is 14.7. The molecule has 0 aliphatic carbocycles. The van der Waals surface area contributed by atoms with E-state index in [1.165, 1.54) is 7.11 Å². The summed E-state index contributed by atoms with van der Waals surface area (Å²) in [5.74, 6) is 0.741. The van der Waals surface area contributed by atoms with Gasteiger partial charge in [-0.1, -0.05) is 15.9 Å². The third kappa shape index (κ3) is 3.77. The molecule has 0 spiro atoms. The molecule has 0 unspecified atom stereocenters. The van der Waals surface area contributed by atoms with E-state index >= 15 is 0 Å². The molecule has 2 rings (SSSR count). The number of halogens is 1. The van der Waals surface area contributed by atoms with E-state index in [0.29, 0.717) is 24.8 Å². The molecule has 0 radical (unpaired) electrons. The van der Waals surface area contributed by atoms with Crippen LogP contribution in [-0.4, -0.2) is 46.5 Å². The van der Waals surface area contributed by atoms with Crippen molar-refractivity contribution in [1.82, 2.24) is 9.62 Å². The van der Waals surface area contributed by atoms with Gasteiger partial charge in [0.1, 0.15) is 10.6 Å². The predicted octanol–water partition coefficient (Wildman–Crippen LogP) is 2.08. The highest BCUT2D eigenvalue weighted by atomic mass is 79.9. The molecule has 1 aromatic carbocycles. The second kappa shape index (κ2) is 7.09. The van der Waals surface area contributed by atoms with E-state index in [9.17, 15) is 8.42 Å². The molecule has 118 valence electrons. The topological polar surface area (TPSA) is 58.6 Å². The third-order valence-corrected chi connectivity index (χ3v) is 6.10. The molecular weight excluding hydrogens is 356 g/mol. The van der Waals surface area contributed by atoms with Crippen molar-refractivity contribution < 1.29 is 13.2 Å². The van der Waals surface area contributed by atoms with Gasteiger partial charge in [0.15, 0.2) is 0 Å². The third-order valence-electron chi connectivity index (χ3n) is 3.72. The highest BCUT2D eigenvalue weighted by Gasteiger charge is 2.32. The van der Waals surface area contributed by atoms with Gasteiger partial charge in [-0.15, -0.1) is 0 Å². The van der Waals surface area contributed by atoms with Crippen molar-refractivity contribution >= 4 is 26.0 Å². The smallest absolute Gasteiger partial charge is 0.246 e. The van der Waals surface area contributed by atoms with Gasteiger partial charge in [-0.05, 0) is 50.6 Å². The number of nitrogens with zero attached hydrogens (tertiary/aromatic N) is 1. The zero-order chi connectivity index (χ0) is 15.5. The van der Waals surface area contributed by atoms with Crippen molar-refractivity contribution in [2.24, 2.45) is 5.92 Å². The molecule has 1 saturated heterocycles. The molecule has 1 aliphatic rings. The summed E-state index contributed by atoms with van der Waals surface area (Å²) in [4.78, 5) is 0.226. The number of methoxy groups -OCH3 is 1. The molecule has 1 aromatic rings. The second-order valence-electron chi connectivity index (χ2n) is 5.22. The minimum atomic E-state index is -3.53. The first-order valence-electron chi connectivity index (χ1n) is 6.97. The molecular formula is C14H21BrN2O3S. The van der Waals surface area contributed by atoms with E-state index in [4.69, 9.17) is 4.74 Å². The Hall–Kier alpha value is -0.630. The first-order valence-corrected chi connectivity index (χ1v) is 9.20. The van der Waals surface area contributed by atoms with Crippen LogP contribution in [0.25, 0.3) is 0 Å². The molecule has 7 heteroatoms. The van der Waals surface area contributed by atoms with Crippen molar-refractivity contribution in [1.29, 1.82) is 0 Å². The molecule has 1 N–H and O–H groups in total. The van der Waals surface area contributed by atoms with E-state index in [2.05, 4.69) is 21.2 Å². The average molecular weight is 377 g/mol. The largest absolute Gasteiger partial charge is 0.495 e. The molecule has 5 nitrogen and oxygen atoms in total. The lowest BCUT2D eigenvalue weighted by Gasteiger charge is -2.32. The number of rotatable bonds is 5. The average Bonchev–Trinajstić information content (AvgIpc) is 2.48. The summed E-state index contributed by atoms with van der Waals surface area (Å²) in [6.45, 7) is 1.96. The van der Waals surface area contributed by atoms with Gasteiger partial charge in [0, 0.05) is 17.6 Å². The maximum atomic E-state index is 12.9. The summed E-state index contributed by atoms with van der Waals surface area (Å²) in [7, 11) is -0.146. The lowest BCUT2D eigenvalue weighted by Crippen LogP contribution is -2.42. The van der Waals surface area contributed by atoms with E-state index < -0.39 is 10.0 Å². The number of sulfonamides is 1. The van der Waals surface area contributed by atoms with Crippen LogP contribution in [0.3, 0.4) is 0 Å². The van der Waals surface area contributed by atoms with Crippen molar-refractivity contribution in [2.45, 2.75) is 17.7 Å². The van der Waals surface area contributed by atoms with Crippen molar-refractivity contribution in [3.8, 4) is 5.75 Å². The van der Waals surface area contributed by atoms with Crippen LogP contribution in [0.5, 0.6) is 5.75 Å². The van der Waals surface area contributed by atoms with Crippen LogP contribution in [0.4, 0.5) is 0 Å². The van der Waals surface area contributed by atoms with Crippen LogP contribution in [0.2, 0.25) is 0 Å². The summed E-state index contributed by atoms with van der Waals surface area (Å²) in [5.41, 5.74) is 0. The number of ether oxygens (including phenoxy) is 1. The predicted molar refractivity (Wildman–Crippen MR) is 86.1 cm³/mol. The second-order valence-corrected chi connectivity index (χ2v) is 8.05. The SMILES string of the molecule is CNC[C@H]1CCCN(S(=O)(=O)c2cc(Br)ccc2OC)C1. The fourth-order valence-corrected chi connectivity index (χ4v) is 4.94. The number of hydrogen-bond donors (Lipinski definition) is 1. The Morgan fingerprint density at radius 3 is 2.90 bits per heavy atom. The minimum absolute atomic E-state index is 0.226. The summed E-state index contributed by atoms with van der Waals surface area (Å²) in [6, 6.07) is 5.06. The van der Waals surface area contributed by atoms with Crippen LogP contribution >= 0.6 is 15.9 Å². The maximum Gasteiger partial charge on any atom is 0.246 e. The van der Waals surface area contributed by atoms with Gasteiger partial charge in [-0.2, -0.15) is 4.31 Å². The van der Waals surface area contributed by atoms with Crippen molar-refractivity contribution in [2.75, 3.05) is 33.8 Å². The lowest BCUT2D eigenvalue weighted by atomic mass is 10.00. The summed E-state index contributed by atoms with van der Waals surface area (Å²) >= 11 is 3.33. The lowest BCUT2D eigenvalue weighted by molar-refractivity contribution is 0.262. The summed E-state index contributed by atoms with van der Waals surface area (Å²) < 4.78 is 33.3. The Kier molecular flexibility index (Phi) is 5.65. The van der Waals surface area contributed by atoms with Gasteiger partial charge in [0.05, 0.1) is 7.11 Å². The molecule has 0 aromatic heterocycles. The van der Waals surface area contributed by atoms with Crippen LogP contribution in [0.15, 0.2) is 27.6 Å². The maximum absolute atomic E-state index is 12.9. The first-order chi connectivity index (χ1) is 9.98. The van der Waals surface area contributed by atoms with Gasteiger partial charge >= 0.3 is 0 Å². The normalized spacial score (nSPS) is 20.4. The van der Waals surface area contributed by atoms with E-state index in [1.54, 1.807) is 22.5 Å². The number of nitrogens with one attached hydrogen (secondary N) is 1. The van der Waals surface area contributed by atoms with Crippen LogP contribution in [0.1, 0.15) is 12.8 Å².